The lowest BCUT2D eigenvalue weighted by Gasteiger charge is -2.34. The Balaban J connectivity index is 1.90. The fraction of sp³-hybridized carbons (Fsp3) is 0.333. The van der Waals surface area contributed by atoms with Crippen LogP contribution in [0.4, 0.5) is 4.39 Å². The summed E-state index contributed by atoms with van der Waals surface area (Å²) in [7, 11) is 1.27. The van der Waals surface area contributed by atoms with E-state index in [1.165, 1.54) is 31.5 Å². The smallest absolute Gasteiger partial charge is 0.360 e. The molecule has 0 saturated heterocycles. The van der Waals surface area contributed by atoms with Crippen LogP contribution in [0.2, 0.25) is 5.02 Å². The van der Waals surface area contributed by atoms with Crippen LogP contribution in [0.25, 0.3) is 0 Å². The zero-order valence-corrected chi connectivity index (χ0v) is 15.2. The molecule has 138 valence electrons. The minimum atomic E-state index is -0.901. The van der Waals surface area contributed by atoms with Gasteiger partial charge in [0.25, 0.3) is 0 Å². The van der Waals surface area contributed by atoms with Crippen LogP contribution in [0, 0.1) is 5.82 Å². The number of methoxy groups -OCH3 is 1. The maximum absolute atomic E-state index is 13.2. The quantitative estimate of drug-likeness (QED) is 0.749. The van der Waals surface area contributed by atoms with Gasteiger partial charge in [-0.05, 0) is 12.1 Å². The van der Waals surface area contributed by atoms with Crippen LogP contribution < -0.4 is 9.47 Å². The number of esters is 1. The number of fused-ring (bicyclic) bond motifs is 1. The average Bonchev–Trinajstić information content (AvgIpc) is 2.60. The predicted molar refractivity (Wildman–Crippen MR) is 90.8 cm³/mol. The number of ether oxygens (including phenoxy) is 4. The molecule has 0 N–H and O–H groups in total. The Bertz CT molecular complexity index is 856. The lowest BCUT2D eigenvalue weighted by Crippen LogP contribution is -2.37. The number of carbonyl (C=O) groups is 1. The Labute approximate surface area is 154 Å². The van der Waals surface area contributed by atoms with Gasteiger partial charge in [0.05, 0.1) is 18.7 Å². The van der Waals surface area contributed by atoms with E-state index in [0.717, 1.165) is 0 Å². The third-order valence-corrected chi connectivity index (χ3v) is 4.09. The topological polar surface area (TPSA) is 66.9 Å². The second-order valence-electron chi connectivity index (χ2n) is 6.09. The van der Waals surface area contributed by atoms with Gasteiger partial charge in [0.2, 0.25) is 5.79 Å². The van der Waals surface area contributed by atoms with E-state index in [2.05, 4.69) is 4.98 Å². The normalized spacial score (nSPS) is 15.0. The van der Waals surface area contributed by atoms with Crippen molar-refractivity contribution >= 4 is 17.6 Å². The van der Waals surface area contributed by atoms with Crippen LogP contribution in [0.3, 0.4) is 0 Å². The first kappa shape index (κ1) is 18.4. The van der Waals surface area contributed by atoms with E-state index in [-0.39, 0.29) is 23.9 Å². The van der Waals surface area contributed by atoms with E-state index in [1.54, 1.807) is 13.8 Å². The van der Waals surface area contributed by atoms with Crippen LogP contribution in [0.1, 0.15) is 35.5 Å². The standard InChI is InChI=1S/C18H17ClFNO5/c1-18(2)25-9-12-10(7-21-15(16(12)26-18)17(22)23-3)8-24-11-4-5-14(20)13(19)6-11/h4-7H,8-9H2,1-3H3. The van der Waals surface area contributed by atoms with Crippen LogP contribution >= 0.6 is 11.6 Å². The van der Waals surface area contributed by atoms with Crippen molar-refractivity contribution in [1.82, 2.24) is 4.98 Å². The third-order valence-electron chi connectivity index (χ3n) is 3.80. The number of nitrogens with zero attached hydrogens (tertiary/aromatic N) is 1. The first-order valence-corrected chi connectivity index (χ1v) is 8.18. The van der Waals surface area contributed by atoms with Gasteiger partial charge in [-0.25, -0.2) is 14.2 Å². The van der Waals surface area contributed by atoms with Gasteiger partial charge < -0.3 is 18.9 Å². The van der Waals surface area contributed by atoms with Gasteiger partial charge in [-0.2, -0.15) is 0 Å². The summed E-state index contributed by atoms with van der Waals surface area (Å²) in [5, 5.41) is -0.0305. The van der Waals surface area contributed by atoms with Gasteiger partial charge in [-0.15, -0.1) is 0 Å². The molecule has 3 rings (SSSR count). The number of rotatable bonds is 4. The van der Waals surface area contributed by atoms with Crippen molar-refractivity contribution in [1.29, 1.82) is 0 Å². The summed E-state index contributed by atoms with van der Waals surface area (Å²) in [5.74, 6) is -1.31. The highest BCUT2D eigenvalue weighted by Crippen LogP contribution is 2.36. The molecule has 0 atom stereocenters. The molecule has 0 bridgehead atoms. The van der Waals surface area contributed by atoms with Crippen molar-refractivity contribution in [2.75, 3.05) is 7.11 Å². The lowest BCUT2D eigenvalue weighted by atomic mass is 10.1. The van der Waals surface area contributed by atoms with Gasteiger partial charge >= 0.3 is 5.97 Å². The zero-order chi connectivity index (χ0) is 18.9. The van der Waals surface area contributed by atoms with E-state index < -0.39 is 17.6 Å². The van der Waals surface area contributed by atoms with Crippen LogP contribution in [0.5, 0.6) is 11.5 Å². The van der Waals surface area contributed by atoms with Crippen LogP contribution in [-0.2, 0) is 22.7 Å². The molecule has 2 aromatic rings. The second kappa shape index (κ2) is 7.09. The molecule has 6 nitrogen and oxygen atoms in total. The maximum Gasteiger partial charge on any atom is 0.360 e. The Kier molecular flexibility index (Phi) is 5.02. The van der Waals surface area contributed by atoms with Crippen LogP contribution in [-0.4, -0.2) is 23.9 Å². The Morgan fingerprint density at radius 1 is 1.42 bits per heavy atom. The largest absolute Gasteiger partial charge is 0.489 e. The molecule has 0 amide bonds. The molecule has 0 saturated carbocycles. The number of halogens is 2. The molecule has 26 heavy (non-hydrogen) atoms. The van der Waals surface area contributed by atoms with E-state index in [4.69, 9.17) is 30.5 Å². The molecule has 2 heterocycles. The number of hydrogen-bond donors (Lipinski definition) is 0. The molecule has 1 aromatic heterocycles. The summed E-state index contributed by atoms with van der Waals surface area (Å²) in [6.07, 6.45) is 1.50. The summed E-state index contributed by atoms with van der Waals surface area (Å²) < 4.78 is 35.1. The van der Waals surface area contributed by atoms with Gasteiger partial charge in [0.1, 0.15) is 18.2 Å². The molecule has 8 heteroatoms. The van der Waals surface area contributed by atoms with E-state index in [9.17, 15) is 9.18 Å². The Morgan fingerprint density at radius 2 is 2.19 bits per heavy atom. The van der Waals surface area contributed by atoms with E-state index in [0.29, 0.717) is 22.6 Å². The molecule has 1 aliphatic rings. The zero-order valence-electron chi connectivity index (χ0n) is 14.5. The Morgan fingerprint density at radius 3 is 2.88 bits per heavy atom. The minimum absolute atomic E-state index is 0.0305. The molecular weight excluding hydrogens is 365 g/mol. The summed E-state index contributed by atoms with van der Waals surface area (Å²) in [6.45, 7) is 3.81. The fourth-order valence-electron chi connectivity index (χ4n) is 2.45. The van der Waals surface area contributed by atoms with Gasteiger partial charge in [0.15, 0.2) is 11.4 Å². The van der Waals surface area contributed by atoms with Crippen molar-refractivity contribution in [2.45, 2.75) is 32.8 Å². The van der Waals surface area contributed by atoms with Gasteiger partial charge in [-0.3, -0.25) is 0 Å². The summed E-state index contributed by atoms with van der Waals surface area (Å²) in [4.78, 5) is 16.1. The number of hydrogen-bond acceptors (Lipinski definition) is 6. The van der Waals surface area contributed by atoms with Crippen molar-refractivity contribution < 1.29 is 28.1 Å². The van der Waals surface area contributed by atoms with E-state index in [1.807, 2.05) is 0 Å². The van der Waals surface area contributed by atoms with Crippen LogP contribution in [0.15, 0.2) is 24.4 Å². The number of carbonyl (C=O) groups excluding carboxylic acids is 1. The van der Waals surface area contributed by atoms with Crippen molar-refractivity contribution in [3.8, 4) is 11.5 Å². The monoisotopic (exact) mass is 381 g/mol. The lowest BCUT2D eigenvalue weighted by molar-refractivity contribution is -0.180. The maximum atomic E-state index is 13.2. The second-order valence-corrected chi connectivity index (χ2v) is 6.49. The first-order valence-electron chi connectivity index (χ1n) is 7.80. The summed E-state index contributed by atoms with van der Waals surface area (Å²) >= 11 is 5.76. The van der Waals surface area contributed by atoms with Gasteiger partial charge in [-0.1, -0.05) is 11.6 Å². The number of benzene rings is 1. The summed E-state index contributed by atoms with van der Waals surface area (Å²) in [6, 6.07) is 4.08. The predicted octanol–water partition coefficient (Wildman–Crippen LogP) is 3.88. The molecule has 1 aromatic carbocycles. The highest BCUT2D eigenvalue weighted by atomic mass is 35.5. The third kappa shape index (κ3) is 3.73. The fourth-order valence-corrected chi connectivity index (χ4v) is 2.62. The molecular formula is C18H17ClFNO5. The Hall–Kier alpha value is -2.38. The van der Waals surface area contributed by atoms with Crippen molar-refractivity contribution in [3.05, 3.63) is 52.1 Å². The number of aromatic nitrogens is 1. The molecule has 1 aliphatic heterocycles. The molecule has 0 fully saturated rings. The van der Waals surface area contributed by atoms with E-state index >= 15 is 0 Å². The van der Waals surface area contributed by atoms with Crippen molar-refractivity contribution in [2.24, 2.45) is 0 Å². The van der Waals surface area contributed by atoms with Crippen molar-refractivity contribution in [3.63, 3.8) is 0 Å². The molecule has 0 radical (unpaired) electrons. The summed E-state index contributed by atoms with van der Waals surface area (Å²) in [5.41, 5.74) is 1.39. The average molecular weight is 382 g/mol. The first-order chi connectivity index (χ1) is 12.3. The highest BCUT2D eigenvalue weighted by molar-refractivity contribution is 6.30. The van der Waals surface area contributed by atoms with Gasteiger partial charge in [0, 0.05) is 37.2 Å². The molecule has 0 spiro atoms. The highest BCUT2D eigenvalue weighted by Gasteiger charge is 2.33. The molecule has 0 aliphatic carbocycles. The number of pyridine rings is 1. The molecule has 0 unspecified atom stereocenters. The minimum Gasteiger partial charge on any atom is -0.489 e. The SMILES string of the molecule is COC(=O)c1ncc(COc2ccc(F)c(Cl)c2)c2c1OC(C)(C)OC2.